The van der Waals surface area contributed by atoms with Crippen molar-refractivity contribution in [3.05, 3.63) is 246 Å². The summed E-state index contributed by atoms with van der Waals surface area (Å²) >= 11 is 0. The predicted octanol–water partition coefficient (Wildman–Crippen LogP) is 16.1. The topological polar surface area (TPSA) is 3.24 Å². The van der Waals surface area contributed by atoms with E-state index in [1.165, 1.54) is 104 Å². The van der Waals surface area contributed by atoms with E-state index in [4.69, 9.17) is 0 Å². The third-order valence-corrected chi connectivity index (χ3v) is 13.4. The number of anilines is 3. The van der Waals surface area contributed by atoms with Gasteiger partial charge in [-0.15, -0.1) is 0 Å². The van der Waals surface area contributed by atoms with Crippen LogP contribution in [0.25, 0.3) is 44.2 Å². The van der Waals surface area contributed by atoms with Crippen molar-refractivity contribution in [2.75, 3.05) is 4.90 Å². The molecule has 0 spiro atoms. The molecule has 0 radical (unpaired) electrons. The molecule has 9 aromatic carbocycles. The molecular weight excluding hydrogens is 723 g/mol. The third-order valence-electron chi connectivity index (χ3n) is 13.4. The van der Waals surface area contributed by atoms with Gasteiger partial charge >= 0.3 is 0 Å². The Morgan fingerprint density at radius 3 is 1.62 bits per heavy atom. The summed E-state index contributed by atoms with van der Waals surface area (Å²) in [6.07, 6.45) is 6.63. The van der Waals surface area contributed by atoms with E-state index >= 15 is 0 Å². The number of benzene rings is 9. The number of fused-ring (bicyclic) bond motifs is 4. The molecule has 1 heteroatoms. The molecule has 2 aliphatic rings. The number of hydrogen-bond donors (Lipinski definition) is 0. The molecule has 60 heavy (non-hydrogen) atoms. The Labute approximate surface area is 354 Å². The van der Waals surface area contributed by atoms with Crippen LogP contribution in [-0.2, 0) is 5.41 Å². The smallest absolute Gasteiger partial charge is 0.0714 e. The lowest BCUT2D eigenvalue weighted by atomic mass is 9.67. The third kappa shape index (κ3) is 5.99. The predicted molar refractivity (Wildman–Crippen MR) is 253 cm³/mol. The van der Waals surface area contributed by atoms with Crippen molar-refractivity contribution in [2.24, 2.45) is 0 Å². The van der Waals surface area contributed by atoms with Gasteiger partial charge in [-0.05, 0) is 115 Å². The normalized spacial score (nSPS) is 14.4. The van der Waals surface area contributed by atoms with Crippen molar-refractivity contribution >= 4 is 27.8 Å². The van der Waals surface area contributed by atoms with Gasteiger partial charge in [0.25, 0.3) is 0 Å². The fourth-order valence-corrected chi connectivity index (χ4v) is 10.7. The van der Waals surface area contributed by atoms with Crippen molar-refractivity contribution < 1.29 is 0 Å². The lowest BCUT2D eigenvalue weighted by Crippen LogP contribution is -2.28. The van der Waals surface area contributed by atoms with Gasteiger partial charge < -0.3 is 4.90 Å². The van der Waals surface area contributed by atoms with E-state index in [9.17, 15) is 0 Å². The Morgan fingerprint density at radius 2 is 0.900 bits per heavy atom. The van der Waals surface area contributed by atoms with Crippen LogP contribution in [-0.4, -0.2) is 0 Å². The first-order valence-corrected chi connectivity index (χ1v) is 21.7. The summed E-state index contributed by atoms with van der Waals surface area (Å²) in [5, 5.41) is 2.75. The van der Waals surface area contributed by atoms with Crippen molar-refractivity contribution in [2.45, 2.75) is 43.4 Å². The van der Waals surface area contributed by atoms with Gasteiger partial charge in [0.15, 0.2) is 0 Å². The highest BCUT2D eigenvalue weighted by molar-refractivity contribution is 5.99. The number of hydrogen-bond acceptors (Lipinski definition) is 1. The van der Waals surface area contributed by atoms with Crippen molar-refractivity contribution in [1.82, 2.24) is 0 Å². The van der Waals surface area contributed by atoms with Crippen LogP contribution in [0, 0.1) is 0 Å². The Hall–Kier alpha value is -6.96. The number of para-hydroxylation sites is 1. The summed E-state index contributed by atoms with van der Waals surface area (Å²) in [4.78, 5) is 2.47. The average molecular weight is 770 g/mol. The fourth-order valence-electron chi connectivity index (χ4n) is 10.7. The molecule has 11 rings (SSSR count). The Morgan fingerprint density at radius 1 is 0.367 bits per heavy atom. The molecule has 288 valence electrons. The molecule has 0 aromatic heterocycles. The van der Waals surface area contributed by atoms with Gasteiger partial charge in [0.1, 0.15) is 0 Å². The molecule has 0 amide bonds. The zero-order valence-electron chi connectivity index (χ0n) is 33.8. The van der Waals surface area contributed by atoms with Gasteiger partial charge in [-0.1, -0.05) is 207 Å². The zero-order valence-corrected chi connectivity index (χ0v) is 33.8. The van der Waals surface area contributed by atoms with Crippen molar-refractivity contribution in [3.63, 3.8) is 0 Å². The fraction of sp³-hybridized carbons (Fsp3) is 0.119. The van der Waals surface area contributed by atoms with Crippen LogP contribution in [0.2, 0.25) is 0 Å². The molecule has 0 atom stereocenters. The summed E-state index contributed by atoms with van der Waals surface area (Å²) in [5.74, 6) is 0.654. The number of rotatable bonds is 8. The average Bonchev–Trinajstić information content (AvgIpc) is 3.63. The summed E-state index contributed by atoms with van der Waals surface area (Å²) in [6.45, 7) is 0. The molecule has 1 nitrogen and oxygen atoms in total. The summed E-state index contributed by atoms with van der Waals surface area (Å²) in [7, 11) is 0. The SMILES string of the molecule is c1ccc(-c2ccccc2N(c2ccc(-c3ccc(C4CCCCC4)c4ccccc34)cc2)c2ccc3c(c2)C(c2ccccc2)(c2ccccc2)c2ccccc2-3)cc1. The molecule has 0 aliphatic heterocycles. The Kier molecular flexibility index (Phi) is 9.23. The maximum Gasteiger partial charge on any atom is 0.0714 e. The van der Waals surface area contributed by atoms with Crippen LogP contribution in [0.4, 0.5) is 17.1 Å². The molecule has 0 N–H and O–H groups in total. The largest absolute Gasteiger partial charge is 0.310 e. The Balaban J connectivity index is 1.10. The quantitative estimate of drug-likeness (QED) is 0.149. The highest BCUT2D eigenvalue weighted by Crippen LogP contribution is 2.57. The van der Waals surface area contributed by atoms with Gasteiger partial charge in [0, 0.05) is 16.9 Å². The van der Waals surface area contributed by atoms with E-state index in [-0.39, 0.29) is 0 Å². The molecule has 0 saturated heterocycles. The highest BCUT2D eigenvalue weighted by atomic mass is 15.1. The van der Waals surface area contributed by atoms with E-state index in [0.29, 0.717) is 5.92 Å². The van der Waals surface area contributed by atoms with Crippen LogP contribution in [0.1, 0.15) is 65.8 Å². The van der Waals surface area contributed by atoms with Crippen LogP contribution in [0.5, 0.6) is 0 Å². The van der Waals surface area contributed by atoms with Crippen LogP contribution in [0.3, 0.4) is 0 Å². The van der Waals surface area contributed by atoms with Crippen LogP contribution >= 0.6 is 0 Å². The molecule has 0 unspecified atom stereocenters. The maximum absolute atomic E-state index is 2.47. The van der Waals surface area contributed by atoms with Gasteiger partial charge in [-0.2, -0.15) is 0 Å². The molecule has 0 bridgehead atoms. The lowest BCUT2D eigenvalue weighted by molar-refractivity contribution is 0.445. The van der Waals surface area contributed by atoms with Gasteiger partial charge in [0.2, 0.25) is 0 Å². The van der Waals surface area contributed by atoms with E-state index in [1.807, 2.05) is 0 Å². The maximum atomic E-state index is 2.47. The summed E-state index contributed by atoms with van der Waals surface area (Å²) in [6, 6.07) is 81.2. The van der Waals surface area contributed by atoms with Crippen molar-refractivity contribution in [1.29, 1.82) is 0 Å². The molecule has 2 aliphatic carbocycles. The zero-order chi connectivity index (χ0) is 39.9. The summed E-state index contributed by atoms with van der Waals surface area (Å²) in [5.41, 5.74) is 17.0. The van der Waals surface area contributed by atoms with E-state index < -0.39 is 5.41 Å². The second-order valence-corrected chi connectivity index (χ2v) is 16.6. The van der Waals surface area contributed by atoms with Gasteiger partial charge in [0.05, 0.1) is 11.1 Å². The van der Waals surface area contributed by atoms with E-state index in [0.717, 1.165) is 17.1 Å². The standard InChI is InChI=1S/C59H47N/c1-5-19-42(20-6-1)49-39-40-50(53-29-14-13-28-52(49)53)44-33-35-47(36-34-44)60(58-32-18-16-27-51(58)43-21-7-2-8-22-43)48-37-38-55-54-30-15-17-31-56(54)59(57(55)41-48,45-23-9-3-10-24-45)46-25-11-4-12-26-46/h2-4,7-18,21-42H,1,5-6,19-20H2. The van der Waals surface area contributed by atoms with Crippen LogP contribution < -0.4 is 4.90 Å². The second-order valence-electron chi connectivity index (χ2n) is 16.6. The minimum absolute atomic E-state index is 0.496. The van der Waals surface area contributed by atoms with Crippen LogP contribution in [0.15, 0.2) is 218 Å². The van der Waals surface area contributed by atoms with Gasteiger partial charge in [-0.25, -0.2) is 0 Å². The highest BCUT2D eigenvalue weighted by Gasteiger charge is 2.46. The Bertz CT molecular complexity index is 2900. The summed E-state index contributed by atoms with van der Waals surface area (Å²) < 4.78 is 0. The second kappa shape index (κ2) is 15.3. The number of nitrogens with zero attached hydrogens (tertiary/aromatic N) is 1. The molecular formula is C59H47N. The van der Waals surface area contributed by atoms with Crippen molar-refractivity contribution in [3.8, 4) is 33.4 Å². The first-order valence-electron chi connectivity index (χ1n) is 21.7. The lowest BCUT2D eigenvalue weighted by Gasteiger charge is -2.35. The van der Waals surface area contributed by atoms with Gasteiger partial charge in [-0.3, -0.25) is 0 Å². The monoisotopic (exact) mass is 769 g/mol. The first-order chi connectivity index (χ1) is 29.8. The molecule has 1 saturated carbocycles. The minimum atomic E-state index is -0.496. The van der Waals surface area contributed by atoms with E-state index in [1.54, 1.807) is 0 Å². The molecule has 1 fully saturated rings. The minimum Gasteiger partial charge on any atom is -0.310 e. The van der Waals surface area contributed by atoms with E-state index in [2.05, 4.69) is 223 Å². The molecule has 0 heterocycles. The first kappa shape index (κ1) is 36.1. The molecule has 9 aromatic rings.